The Kier molecular flexibility index (Phi) is 6.74. The van der Waals surface area contributed by atoms with Gasteiger partial charge >= 0.3 is 5.97 Å². The summed E-state index contributed by atoms with van der Waals surface area (Å²) in [7, 11) is 1.36. The molecule has 0 aliphatic carbocycles. The molecule has 164 valence electrons. The van der Waals surface area contributed by atoms with E-state index in [0.717, 1.165) is 0 Å². The number of piperazine rings is 1. The predicted octanol–water partition coefficient (Wildman–Crippen LogP) is 2.25. The number of benzene rings is 2. The molecular formula is C22H23FN2O6. The number of rotatable bonds is 6. The molecule has 8 nitrogen and oxygen atoms in total. The van der Waals surface area contributed by atoms with Gasteiger partial charge in [0.15, 0.2) is 23.9 Å². The molecule has 3 rings (SSSR count). The number of esters is 1. The Morgan fingerprint density at radius 3 is 2.42 bits per heavy atom. The van der Waals surface area contributed by atoms with Crippen LogP contribution in [0.2, 0.25) is 0 Å². The lowest BCUT2D eigenvalue weighted by molar-refractivity contribution is -0.134. The summed E-state index contributed by atoms with van der Waals surface area (Å²) in [5.41, 5.74) is 0.581. The SMILES string of the molecule is COc1cccc(C(=O)OCC(=O)N2CCN(c3ccc(C(C)=O)cc3F)CC2)c1O. The monoisotopic (exact) mass is 430 g/mol. The lowest BCUT2D eigenvalue weighted by Crippen LogP contribution is -2.50. The van der Waals surface area contributed by atoms with Crippen molar-refractivity contribution in [1.82, 2.24) is 4.90 Å². The molecule has 1 amide bonds. The van der Waals surface area contributed by atoms with E-state index in [1.807, 2.05) is 0 Å². The van der Waals surface area contributed by atoms with Crippen LogP contribution in [0.4, 0.5) is 10.1 Å². The zero-order chi connectivity index (χ0) is 22.5. The largest absolute Gasteiger partial charge is 0.504 e. The Bertz CT molecular complexity index is 1000. The third kappa shape index (κ3) is 4.93. The van der Waals surface area contributed by atoms with Crippen LogP contribution in [0, 0.1) is 5.82 Å². The minimum Gasteiger partial charge on any atom is -0.504 e. The first kappa shape index (κ1) is 22.1. The number of methoxy groups -OCH3 is 1. The number of anilines is 1. The summed E-state index contributed by atoms with van der Waals surface area (Å²) >= 11 is 0. The van der Waals surface area contributed by atoms with E-state index in [0.29, 0.717) is 37.4 Å². The molecule has 0 bridgehead atoms. The summed E-state index contributed by atoms with van der Waals surface area (Å²) in [6, 6.07) is 8.74. The number of ether oxygens (including phenoxy) is 2. The summed E-state index contributed by atoms with van der Waals surface area (Å²) < 4.78 is 24.3. The molecule has 0 saturated carbocycles. The van der Waals surface area contributed by atoms with Gasteiger partial charge in [-0.1, -0.05) is 6.07 Å². The number of ketones is 1. The van der Waals surface area contributed by atoms with Crippen molar-refractivity contribution in [2.24, 2.45) is 0 Å². The van der Waals surface area contributed by atoms with E-state index in [2.05, 4.69) is 0 Å². The van der Waals surface area contributed by atoms with Crippen LogP contribution in [0.5, 0.6) is 11.5 Å². The minimum absolute atomic E-state index is 0.0959. The highest BCUT2D eigenvalue weighted by molar-refractivity contribution is 5.95. The van der Waals surface area contributed by atoms with Crippen LogP contribution in [0.25, 0.3) is 0 Å². The first-order chi connectivity index (χ1) is 14.8. The van der Waals surface area contributed by atoms with Crippen molar-refractivity contribution in [2.75, 3.05) is 44.8 Å². The summed E-state index contributed by atoms with van der Waals surface area (Å²) in [6.45, 7) is 2.35. The number of phenols is 1. The average Bonchev–Trinajstić information content (AvgIpc) is 2.77. The molecule has 2 aromatic carbocycles. The van der Waals surface area contributed by atoms with Crippen molar-refractivity contribution in [2.45, 2.75) is 6.92 Å². The Labute approximate surface area is 178 Å². The topological polar surface area (TPSA) is 96.4 Å². The van der Waals surface area contributed by atoms with E-state index in [9.17, 15) is 23.9 Å². The van der Waals surface area contributed by atoms with Crippen LogP contribution in [0.15, 0.2) is 36.4 Å². The number of Topliss-reactive ketones (excluding diaryl/α,β-unsaturated/α-hetero) is 1. The first-order valence-corrected chi connectivity index (χ1v) is 9.68. The molecule has 1 heterocycles. The molecule has 9 heteroatoms. The highest BCUT2D eigenvalue weighted by Gasteiger charge is 2.25. The Hall–Kier alpha value is -3.62. The fourth-order valence-electron chi connectivity index (χ4n) is 3.33. The second-order valence-corrected chi connectivity index (χ2v) is 7.02. The number of nitrogens with zero attached hydrogens (tertiary/aromatic N) is 2. The maximum Gasteiger partial charge on any atom is 0.342 e. The van der Waals surface area contributed by atoms with E-state index in [1.165, 1.54) is 43.2 Å². The van der Waals surface area contributed by atoms with Gasteiger partial charge in [0.1, 0.15) is 11.4 Å². The second-order valence-electron chi connectivity index (χ2n) is 7.02. The van der Waals surface area contributed by atoms with Gasteiger partial charge in [-0.3, -0.25) is 9.59 Å². The third-order valence-corrected chi connectivity index (χ3v) is 5.09. The number of carbonyl (C=O) groups is 3. The molecule has 1 N–H and O–H groups in total. The van der Waals surface area contributed by atoms with Gasteiger partial charge in [-0.05, 0) is 37.3 Å². The molecule has 0 radical (unpaired) electrons. The zero-order valence-electron chi connectivity index (χ0n) is 17.3. The predicted molar refractivity (Wildman–Crippen MR) is 110 cm³/mol. The van der Waals surface area contributed by atoms with E-state index in [-0.39, 0.29) is 28.8 Å². The number of carbonyl (C=O) groups excluding carboxylic acids is 3. The van der Waals surface area contributed by atoms with Crippen LogP contribution in [-0.2, 0) is 9.53 Å². The highest BCUT2D eigenvalue weighted by Crippen LogP contribution is 2.29. The van der Waals surface area contributed by atoms with Gasteiger partial charge in [0.2, 0.25) is 0 Å². The summed E-state index contributed by atoms with van der Waals surface area (Å²) in [5.74, 6) is -2.15. The van der Waals surface area contributed by atoms with Crippen LogP contribution in [0.1, 0.15) is 27.6 Å². The fourth-order valence-corrected chi connectivity index (χ4v) is 3.33. The number of halogens is 1. The van der Waals surface area contributed by atoms with Crippen molar-refractivity contribution in [1.29, 1.82) is 0 Å². The van der Waals surface area contributed by atoms with E-state index >= 15 is 0 Å². The van der Waals surface area contributed by atoms with Gasteiger partial charge < -0.3 is 24.4 Å². The number of hydrogen-bond acceptors (Lipinski definition) is 7. The second kappa shape index (κ2) is 9.46. The van der Waals surface area contributed by atoms with Gasteiger partial charge in [-0.15, -0.1) is 0 Å². The summed E-state index contributed by atoms with van der Waals surface area (Å²) in [4.78, 5) is 39.3. The lowest BCUT2D eigenvalue weighted by Gasteiger charge is -2.36. The minimum atomic E-state index is -0.837. The van der Waals surface area contributed by atoms with E-state index < -0.39 is 18.4 Å². The smallest absolute Gasteiger partial charge is 0.342 e. The normalized spacial score (nSPS) is 13.6. The van der Waals surface area contributed by atoms with E-state index in [4.69, 9.17) is 9.47 Å². The number of hydrogen-bond donors (Lipinski definition) is 1. The Morgan fingerprint density at radius 2 is 1.81 bits per heavy atom. The third-order valence-electron chi connectivity index (χ3n) is 5.09. The summed E-state index contributed by atoms with van der Waals surface area (Å²) in [6.07, 6.45) is 0. The van der Waals surface area contributed by atoms with Gasteiger partial charge in [-0.25, -0.2) is 9.18 Å². The maximum absolute atomic E-state index is 14.3. The van der Waals surface area contributed by atoms with Crippen LogP contribution < -0.4 is 9.64 Å². The van der Waals surface area contributed by atoms with Crippen LogP contribution in [-0.4, -0.2) is 67.6 Å². The first-order valence-electron chi connectivity index (χ1n) is 9.68. The lowest BCUT2D eigenvalue weighted by atomic mass is 10.1. The standard InChI is InChI=1S/C22H23FN2O6/c1-14(26)15-6-7-18(17(23)12-15)24-8-10-25(11-9-24)20(27)13-31-22(29)16-4-3-5-19(30-2)21(16)28/h3-7,12,28H,8-11,13H2,1-2H3. The zero-order valence-corrected chi connectivity index (χ0v) is 17.3. The highest BCUT2D eigenvalue weighted by atomic mass is 19.1. The number of phenolic OH excluding ortho intramolecular Hbond substituents is 1. The molecule has 0 unspecified atom stereocenters. The molecule has 1 aliphatic rings. The van der Waals surface area contributed by atoms with Crippen LogP contribution in [0.3, 0.4) is 0 Å². The van der Waals surface area contributed by atoms with Gasteiger partial charge in [0, 0.05) is 31.7 Å². The summed E-state index contributed by atoms with van der Waals surface area (Å²) in [5, 5.41) is 10.0. The molecule has 1 saturated heterocycles. The van der Waals surface area contributed by atoms with Crippen LogP contribution >= 0.6 is 0 Å². The number of para-hydroxylation sites is 1. The van der Waals surface area contributed by atoms with Crippen molar-refractivity contribution >= 4 is 23.3 Å². The molecule has 0 spiro atoms. The van der Waals surface area contributed by atoms with Crippen molar-refractivity contribution in [3.05, 3.63) is 53.3 Å². The van der Waals surface area contributed by atoms with Gasteiger partial charge in [0.25, 0.3) is 5.91 Å². The quantitative estimate of drug-likeness (QED) is 0.555. The molecule has 2 aromatic rings. The van der Waals surface area contributed by atoms with E-state index in [1.54, 1.807) is 17.0 Å². The molecule has 0 atom stereocenters. The van der Waals surface area contributed by atoms with Crippen molar-refractivity contribution in [3.8, 4) is 11.5 Å². The molecule has 1 aliphatic heterocycles. The number of amides is 1. The van der Waals surface area contributed by atoms with Crippen molar-refractivity contribution < 1.29 is 33.4 Å². The molecule has 0 aromatic heterocycles. The molecular weight excluding hydrogens is 407 g/mol. The Balaban J connectivity index is 1.54. The maximum atomic E-state index is 14.3. The van der Waals surface area contributed by atoms with Gasteiger partial charge in [0.05, 0.1) is 12.8 Å². The number of aromatic hydroxyl groups is 1. The molecule has 31 heavy (non-hydrogen) atoms. The molecule has 1 fully saturated rings. The fraction of sp³-hybridized carbons (Fsp3) is 0.318. The Morgan fingerprint density at radius 1 is 1.10 bits per heavy atom. The van der Waals surface area contributed by atoms with Gasteiger partial charge in [-0.2, -0.15) is 0 Å². The average molecular weight is 430 g/mol. The van der Waals surface area contributed by atoms with Crippen molar-refractivity contribution in [3.63, 3.8) is 0 Å².